The summed E-state index contributed by atoms with van der Waals surface area (Å²) in [5.41, 5.74) is 2.28. The highest BCUT2D eigenvalue weighted by molar-refractivity contribution is 5.69. The Morgan fingerprint density at radius 3 is 2.29 bits per heavy atom. The van der Waals surface area contributed by atoms with Crippen LogP contribution >= 0.6 is 0 Å². The lowest BCUT2D eigenvalue weighted by atomic mass is 9.47. The molecule has 52 heavy (non-hydrogen) atoms. The Labute approximate surface area is 318 Å². The topological polar surface area (TPSA) is 87.0 Å². The number of allylic oxidation sites excluding steroid dienone is 7. The predicted molar refractivity (Wildman–Crippen MR) is 215 cm³/mol. The Hall–Kier alpha value is -1.95. The maximum atomic E-state index is 12.9. The molecule has 5 nitrogen and oxygen atoms in total. The smallest absolute Gasteiger partial charge is 0.306 e. The Morgan fingerprint density at radius 2 is 1.56 bits per heavy atom. The molecule has 0 aliphatic heterocycles. The molecule has 0 radical (unpaired) electrons. The third-order valence-electron chi connectivity index (χ3n) is 14.1. The molecule has 0 amide bonds. The highest BCUT2D eigenvalue weighted by Crippen LogP contribution is 2.67. The zero-order valence-corrected chi connectivity index (χ0v) is 33.9. The van der Waals surface area contributed by atoms with Crippen molar-refractivity contribution in [3.63, 3.8) is 0 Å². The minimum Gasteiger partial charge on any atom is -0.462 e. The number of rotatable bonds is 20. The number of carbonyl (C=O) groups excluding carboxylic acids is 1. The summed E-state index contributed by atoms with van der Waals surface area (Å²) in [6.45, 7) is 14.6. The van der Waals surface area contributed by atoms with Gasteiger partial charge < -0.3 is 20.1 Å². The normalized spacial score (nSPS) is 33.0. The lowest BCUT2D eigenvalue weighted by Crippen LogP contribution is -2.51. The molecule has 3 fully saturated rings. The van der Waals surface area contributed by atoms with Crippen LogP contribution < -0.4 is 0 Å². The van der Waals surface area contributed by atoms with Gasteiger partial charge in [-0.1, -0.05) is 140 Å². The van der Waals surface area contributed by atoms with Gasteiger partial charge in [-0.15, -0.1) is 0 Å². The van der Waals surface area contributed by atoms with Crippen molar-refractivity contribution in [1.82, 2.24) is 0 Å². The molecule has 294 valence electrons. The highest BCUT2D eigenvalue weighted by Gasteiger charge is 2.59. The van der Waals surface area contributed by atoms with Gasteiger partial charge in [-0.25, -0.2) is 0 Å². The van der Waals surface area contributed by atoms with Gasteiger partial charge in [0.1, 0.15) is 6.10 Å². The van der Waals surface area contributed by atoms with Crippen molar-refractivity contribution in [2.75, 3.05) is 0 Å². The molecule has 3 N–H and O–H groups in total. The maximum absolute atomic E-state index is 12.9. The Kier molecular flexibility index (Phi) is 17.0. The summed E-state index contributed by atoms with van der Waals surface area (Å²) >= 11 is 0. The van der Waals surface area contributed by atoms with Crippen LogP contribution in [0.1, 0.15) is 157 Å². The molecule has 0 aromatic rings. The Bertz CT molecular complexity index is 1240. The predicted octanol–water partition coefficient (Wildman–Crippen LogP) is 11.0. The molecule has 0 saturated heterocycles. The fourth-order valence-corrected chi connectivity index (χ4v) is 11.1. The first-order chi connectivity index (χ1) is 24.9. The lowest BCUT2D eigenvalue weighted by molar-refractivity contribution is -0.151. The molecule has 5 heteroatoms. The quantitative estimate of drug-likeness (QED) is 0.0504. The molecule has 3 saturated carbocycles. The number of unbranched alkanes of at least 4 members (excludes halogenated alkanes) is 2. The van der Waals surface area contributed by atoms with Gasteiger partial charge in [0.15, 0.2) is 0 Å². The second-order valence-electron chi connectivity index (χ2n) is 18.2. The van der Waals surface area contributed by atoms with E-state index in [9.17, 15) is 20.1 Å². The summed E-state index contributed by atoms with van der Waals surface area (Å²) in [6, 6.07) is 0. The third kappa shape index (κ3) is 11.5. The first kappa shape index (κ1) is 42.8. The largest absolute Gasteiger partial charge is 0.462 e. The van der Waals surface area contributed by atoms with Crippen molar-refractivity contribution in [1.29, 1.82) is 0 Å². The zero-order chi connectivity index (χ0) is 37.7. The van der Waals surface area contributed by atoms with E-state index in [-0.39, 0.29) is 23.9 Å². The molecule has 4 aliphatic rings. The van der Waals surface area contributed by atoms with Crippen molar-refractivity contribution in [2.45, 2.75) is 182 Å². The molecule has 0 bridgehead atoms. The van der Waals surface area contributed by atoms with Gasteiger partial charge in [0.05, 0.1) is 18.3 Å². The SMILES string of the molecule is CCCCC[C@@H](O)/C=C/C=C\C=C\C=C\[C@@H](O)[C@H](O)CCCC(=O)O[C@H]1CC[C@@]2(C)C(=CC[C@H]3[C@@H]4CC[C@H]([C@H](C)CCCC(C)C)[C@@]4(C)CC[C@@H]32)C1. The molecule has 0 unspecified atom stereocenters. The Balaban J connectivity index is 1.17. The van der Waals surface area contributed by atoms with Crippen LogP contribution in [0.2, 0.25) is 0 Å². The fraction of sp³-hybridized carbons (Fsp3) is 0.766. The van der Waals surface area contributed by atoms with E-state index in [0.29, 0.717) is 18.3 Å². The van der Waals surface area contributed by atoms with Crippen molar-refractivity contribution in [3.05, 3.63) is 60.3 Å². The summed E-state index contributed by atoms with van der Waals surface area (Å²) in [5.74, 6) is 4.75. The van der Waals surface area contributed by atoms with Crippen molar-refractivity contribution < 1.29 is 24.9 Å². The van der Waals surface area contributed by atoms with Crippen LogP contribution in [-0.2, 0) is 9.53 Å². The summed E-state index contributed by atoms with van der Waals surface area (Å²) < 4.78 is 6.02. The van der Waals surface area contributed by atoms with Gasteiger partial charge in [-0.05, 0) is 111 Å². The highest BCUT2D eigenvalue weighted by atomic mass is 16.5. The zero-order valence-electron chi connectivity index (χ0n) is 33.9. The maximum Gasteiger partial charge on any atom is 0.306 e. The summed E-state index contributed by atoms with van der Waals surface area (Å²) in [5, 5.41) is 30.7. The first-order valence-electron chi connectivity index (χ1n) is 21.5. The van der Waals surface area contributed by atoms with Crippen LogP contribution in [0.3, 0.4) is 0 Å². The number of esters is 1. The van der Waals surface area contributed by atoms with Crippen LogP contribution in [0, 0.1) is 46.3 Å². The Morgan fingerprint density at radius 1 is 0.827 bits per heavy atom. The van der Waals surface area contributed by atoms with Crippen molar-refractivity contribution in [3.8, 4) is 0 Å². The second-order valence-corrected chi connectivity index (χ2v) is 18.2. The van der Waals surface area contributed by atoms with E-state index in [4.69, 9.17) is 4.74 Å². The van der Waals surface area contributed by atoms with E-state index in [1.165, 1.54) is 51.4 Å². The van der Waals surface area contributed by atoms with E-state index < -0.39 is 18.3 Å². The summed E-state index contributed by atoms with van der Waals surface area (Å²) in [7, 11) is 0. The van der Waals surface area contributed by atoms with Crippen molar-refractivity contribution in [2.24, 2.45) is 46.3 Å². The molecule has 0 spiro atoms. The van der Waals surface area contributed by atoms with Crippen molar-refractivity contribution >= 4 is 5.97 Å². The van der Waals surface area contributed by atoms with Crippen LogP contribution in [0.15, 0.2) is 60.3 Å². The fourth-order valence-electron chi connectivity index (χ4n) is 11.1. The van der Waals surface area contributed by atoms with Gasteiger partial charge in [-0.2, -0.15) is 0 Å². The van der Waals surface area contributed by atoms with Gasteiger partial charge in [0.25, 0.3) is 0 Å². The molecule has 11 atom stereocenters. The first-order valence-corrected chi connectivity index (χ1v) is 21.5. The van der Waals surface area contributed by atoms with E-state index in [0.717, 1.165) is 80.5 Å². The van der Waals surface area contributed by atoms with Crippen LogP contribution in [0.4, 0.5) is 0 Å². The molecule has 4 rings (SSSR count). The van der Waals surface area contributed by atoms with Crippen LogP contribution in [0.25, 0.3) is 0 Å². The molecular weight excluding hydrogens is 645 g/mol. The number of fused-ring (bicyclic) bond motifs is 5. The standard InChI is InChI=1S/C47H76O5/c1-7-8-13-20-37(48)21-14-11-9-10-12-15-22-43(49)44(50)23-17-24-45(51)52-38-29-31-46(5)36(33-38)25-26-39-41-28-27-40(35(4)19-16-18-34(2)3)47(41,6)32-30-42(39)46/h9-12,14-15,21-22,25,34-35,37-44,48-50H,7-8,13,16-20,23-24,26-33H2,1-6H3/b11-9-,12-10+,21-14+,22-15+/t35-,37-,38+,39+,40-,41+,42+,43-,44-,46+,47-/m1/s1. The number of ether oxygens (including phenoxy) is 1. The number of hydrogen-bond donors (Lipinski definition) is 3. The van der Waals surface area contributed by atoms with E-state index in [1.807, 2.05) is 24.3 Å². The van der Waals surface area contributed by atoms with Gasteiger partial charge in [0.2, 0.25) is 0 Å². The number of hydrogen-bond acceptors (Lipinski definition) is 5. The molecular formula is C47H76O5. The average molecular weight is 721 g/mol. The number of aliphatic hydroxyl groups is 3. The monoisotopic (exact) mass is 721 g/mol. The average Bonchev–Trinajstić information content (AvgIpc) is 3.46. The molecule has 0 aromatic heterocycles. The van der Waals surface area contributed by atoms with E-state index >= 15 is 0 Å². The minimum absolute atomic E-state index is 0.0505. The van der Waals surface area contributed by atoms with E-state index in [1.54, 1.807) is 29.9 Å². The van der Waals surface area contributed by atoms with Crippen LogP contribution in [0.5, 0.6) is 0 Å². The lowest BCUT2D eigenvalue weighted by Gasteiger charge is -2.58. The van der Waals surface area contributed by atoms with E-state index in [2.05, 4.69) is 47.6 Å². The van der Waals surface area contributed by atoms with Crippen LogP contribution in [-0.4, -0.2) is 45.7 Å². The third-order valence-corrected chi connectivity index (χ3v) is 14.1. The molecule has 0 heterocycles. The summed E-state index contributed by atoms with van der Waals surface area (Å²) in [4.78, 5) is 12.9. The van der Waals surface area contributed by atoms with Gasteiger partial charge >= 0.3 is 5.97 Å². The van der Waals surface area contributed by atoms with Gasteiger partial charge in [-0.3, -0.25) is 4.79 Å². The minimum atomic E-state index is -0.994. The summed E-state index contributed by atoms with van der Waals surface area (Å²) in [6.07, 6.45) is 33.4. The number of carbonyl (C=O) groups is 1. The number of aliphatic hydroxyl groups excluding tert-OH is 3. The molecule has 0 aromatic carbocycles. The van der Waals surface area contributed by atoms with Gasteiger partial charge in [0, 0.05) is 12.8 Å². The molecule has 4 aliphatic carbocycles. The second kappa shape index (κ2) is 20.7.